The Labute approximate surface area is 190 Å². The van der Waals surface area contributed by atoms with Crippen molar-refractivity contribution in [1.29, 1.82) is 0 Å². The SMILES string of the molecule is COc1ccc(C2C3=C(Nc4ncnn42)c2cc(Cl)ccc2OC3c2ccccc2)cc1. The lowest BCUT2D eigenvalue weighted by molar-refractivity contribution is 0.223. The van der Waals surface area contributed by atoms with E-state index in [2.05, 4.69) is 39.7 Å². The molecular formula is C25H19ClN4O2. The van der Waals surface area contributed by atoms with Gasteiger partial charge < -0.3 is 14.8 Å². The summed E-state index contributed by atoms with van der Waals surface area (Å²) in [5.74, 6) is 2.24. The third-order valence-electron chi connectivity index (χ3n) is 5.91. The van der Waals surface area contributed by atoms with Gasteiger partial charge in [0.2, 0.25) is 5.95 Å². The molecule has 0 saturated carbocycles. The van der Waals surface area contributed by atoms with Crippen molar-refractivity contribution in [3.05, 3.63) is 106 Å². The smallest absolute Gasteiger partial charge is 0.226 e. The van der Waals surface area contributed by atoms with Crippen LogP contribution in [-0.4, -0.2) is 21.9 Å². The normalized spacial score (nSPS) is 18.7. The van der Waals surface area contributed by atoms with Crippen molar-refractivity contribution in [2.75, 3.05) is 12.4 Å². The first-order valence-electron chi connectivity index (χ1n) is 10.3. The number of nitrogens with zero attached hydrogens (tertiary/aromatic N) is 3. The fourth-order valence-electron chi connectivity index (χ4n) is 4.45. The minimum absolute atomic E-state index is 0.216. The zero-order valence-electron chi connectivity index (χ0n) is 17.2. The van der Waals surface area contributed by atoms with Crippen LogP contribution >= 0.6 is 11.6 Å². The van der Waals surface area contributed by atoms with Gasteiger partial charge in [-0.3, -0.25) is 0 Å². The predicted octanol–water partition coefficient (Wildman–Crippen LogP) is 5.50. The Balaban J connectivity index is 1.62. The van der Waals surface area contributed by atoms with Crippen molar-refractivity contribution >= 4 is 23.2 Å². The zero-order chi connectivity index (χ0) is 21.7. The number of methoxy groups -OCH3 is 1. The first-order valence-corrected chi connectivity index (χ1v) is 10.7. The summed E-state index contributed by atoms with van der Waals surface area (Å²) in [4.78, 5) is 4.46. The summed E-state index contributed by atoms with van der Waals surface area (Å²) in [5.41, 5.74) is 5.02. The molecule has 7 heteroatoms. The number of hydrogen-bond acceptors (Lipinski definition) is 5. The molecule has 0 amide bonds. The second-order valence-corrected chi connectivity index (χ2v) is 8.14. The second kappa shape index (κ2) is 7.43. The highest BCUT2D eigenvalue weighted by Crippen LogP contribution is 2.51. The first-order chi connectivity index (χ1) is 15.7. The van der Waals surface area contributed by atoms with Crippen LogP contribution in [0.2, 0.25) is 5.02 Å². The monoisotopic (exact) mass is 442 g/mol. The van der Waals surface area contributed by atoms with Crippen LogP contribution < -0.4 is 14.8 Å². The van der Waals surface area contributed by atoms with Crippen LogP contribution in [0.3, 0.4) is 0 Å². The van der Waals surface area contributed by atoms with Crippen LogP contribution in [0.5, 0.6) is 11.5 Å². The minimum Gasteiger partial charge on any atom is -0.497 e. The lowest BCUT2D eigenvalue weighted by Crippen LogP contribution is -2.32. The highest BCUT2D eigenvalue weighted by Gasteiger charge is 2.40. The molecule has 2 atom stereocenters. The van der Waals surface area contributed by atoms with Crippen LogP contribution in [0, 0.1) is 0 Å². The average Bonchev–Trinajstić information content (AvgIpc) is 3.31. The number of aromatic nitrogens is 3. The number of fused-ring (bicyclic) bond motifs is 3. The van der Waals surface area contributed by atoms with Gasteiger partial charge in [-0.1, -0.05) is 54.1 Å². The molecule has 3 aromatic carbocycles. The van der Waals surface area contributed by atoms with Crippen LogP contribution in [0.4, 0.5) is 5.95 Å². The Kier molecular flexibility index (Phi) is 4.40. The fraction of sp³-hybridized carbons (Fsp3) is 0.120. The molecule has 2 aliphatic rings. The van der Waals surface area contributed by atoms with Crippen LogP contribution in [0.25, 0.3) is 5.70 Å². The molecule has 0 fully saturated rings. The highest BCUT2D eigenvalue weighted by atomic mass is 35.5. The molecule has 0 bridgehead atoms. The third kappa shape index (κ3) is 2.95. The summed E-state index contributed by atoms with van der Waals surface area (Å²) >= 11 is 6.37. The maximum absolute atomic E-state index is 6.59. The van der Waals surface area contributed by atoms with Crippen molar-refractivity contribution in [3.8, 4) is 11.5 Å². The largest absolute Gasteiger partial charge is 0.497 e. The van der Waals surface area contributed by atoms with E-state index in [0.29, 0.717) is 11.0 Å². The van der Waals surface area contributed by atoms with Gasteiger partial charge in [0, 0.05) is 16.2 Å². The number of ether oxygens (including phenoxy) is 2. The first kappa shape index (κ1) is 19.0. The quantitative estimate of drug-likeness (QED) is 0.454. The summed E-state index contributed by atoms with van der Waals surface area (Å²) in [7, 11) is 1.66. The van der Waals surface area contributed by atoms with E-state index in [1.165, 1.54) is 0 Å². The molecule has 0 aliphatic carbocycles. The number of anilines is 1. The fourth-order valence-corrected chi connectivity index (χ4v) is 4.62. The molecule has 0 saturated heterocycles. The summed E-state index contributed by atoms with van der Waals surface area (Å²) in [6.45, 7) is 0. The molecule has 2 unspecified atom stereocenters. The molecule has 158 valence electrons. The van der Waals surface area contributed by atoms with E-state index < -0.39 is 0 Å². The summed E-state index contributed by atoms with van der Waals surface area (Å²) in [5, 5.41) is 8.68. The van der Waals surface area contributed by atoms with E-state index in [1.807, 2.05) is 53.2 Å². The van der Waals surface area contributed by atoms with E-state index in [-0.39, 0.29) is 12.1 Å². The highest BCUT2D eigenvalue weighted by molar-refractivity contribution is 6.30. The van der Waals surface area contributed by atoms with E-state index in [9.17, 15) is 0 Å². The van der Waals surface area contributed by atoms with E-state index >= 15 is 0 Å². The third-order valence-corrected chi connectivity index (χ3v) is 6.14. The Hall–Kier alpha value is -3.77. The molecule has 0 spiro atoms. The Morgan fingerprint density at radius 2 is 1.81 bits per heavy atom. The van der Waals surface area contributed by atoms with Gasteiger partial charge in [0.25, 0.3) is 0 Å². The van der Waals surface area contributed by atoms with Crippen molar-refractivity contribution in [1.82, 2.24) is 14.8 Å². The average molecular weight is 443 g/mol. The molecular weight excluding hydrogens is 424 g/mol. The van der Waals surface area contributed by atoms with Gasteiger partial charge in [0.05, 0.1) is 12.8 Å². The van der Waals surface area contributed by atoms with Gasteiger partial charge >= 0.3 is 0 Å². The van der Waals surface area contributed by atoms with Crippen LogP contribution in [0.15, 0.2) is 84.7 Å². The lowest BCUT2D eigenvalue weighted by atomic mass is 9.84. The Morgan fingerprint density at radius 3 is 2.59 bits per heavy atom. The molecule has 6 rings (SSSR count). The Bertz CT molecular complexity index is 1330. The number of nitrogens with one attached hydrogen (secondary N) is 1. The summed E-state index contributed by atoms with van der Waals surface area (Å²) in [6, 6.07) is 23.7. The number of hydrogen-bond donors (Lipinski definition) is 1. The molecule has 3 heterocycles. The number of halogens is 1. The van der Waals surface area contributed by atoms with Gasteiger partial charge in [0.1, 0.15) is 30.0 Å². The molecule has 4 aromatic rings. The molecule has 32 heavy (non-hydrogen) atoms. The van der Waals surface area contributed by atoms with E-state index in [0.717, 1.165) is 39.5 Å². The zero-order valence-corrected chi connectivity index (χ0v) is 18.0. The molecule has 2 aliphatic heterocycles. The minimum atomic E-state index is -0.308. The Morgan fingerprint density at radius 1 is 1.00 bits per heavy atom. The van der Waals surface area contributed by atoms with Crippen molar-refractivity contribution in [2.24, 2.45) is 0 Å². The van der Waals surface area contributed by atoms with Gasteiger partial charge in [-0.25, -0.2) is 4.68 Å². The predicted molar refractivity (Wildman–Crippen MR) is 123 cm³/mol. The standard InChI is InChI=1S/C25H19ClN4O2/c1-31-18-10-7-15(8-11-18)23-21-22(29-25-27-14-28-30(23)25)19-13-17(26)9-12-20(19)32-24(21)16-5-3-2-4-6-16/h2-14,23-24H,1H3,(H,27,28,29). The molecule has 6 nitrogen and oxygen atoms in total. The van der Waals surface area contributed by atoms with Crippen LogP contribution in [0.1, 0.15) is 28.8 Å². The van der Waals surface area contributed by atoms with Gasteiger partial charge in [-0.05, 0) is 41.5 Å². The maximum Gasteiger partial charge on any atom is 0.226 e. The van der Waals surface area contributed by atoms with Gasteiger partial charge in [-0.15, -0.1) is 0 Å². The molecule has 0 radical (unpaired) electrons. The molecule has 1 N–H and O–H groups in total. The van der Waals surface area contributed by atoms with Crippen molar-refractivity contribution in [3.63, 3.8) is 0 Å². The van der Waals surface area contributed by atoms with Crippen molar-refractivity contribution < 1.29 is 9.47 Å². The lowest BCUT2D eigenvalue weighted by Gasteiger charge is -2.39. The topological polar surface area (TPSA) is 61.2 Å². The van der Waals surface area contributed by atoms with E-state index in [4.69, 9.17) is 21.1 Å². The maximum atomic E-state index is 6.59. The molecule has 1 aromatic heterocycles. The summed E-state index contributed by atoms with van der Waals surface area (Å²) < 4.78 is 13.9. The van der Waals surface area contributed by atoms with Crippen LogP contribution in [-0.2, 0) is 0 Å². The second-order valence-electron chi connectivity index (χ2n) is 7.71. The number of rotatable bonds is 3. The number of benzene rings is 3. The van der Waals surface area contributed by atoms with Crippen molar-refractivity contribution in [2.45, 2.75) is 12.1 Å². The summed E-state index contributed by atoms with van der Waals surface area (Å²) in [6.07, 6.45) is 1.26. The van der Waals surface area contributed by atoms with Gasteiger partial charge in [0.15, 0.2) is 0 Å². The van der Waals surface area contributed by atoms with E-state index in [1.54, 1.807) is 13.4 Å². The van der Waals surface area contributed by atoms with Gasteiger partial charge in [-0.2, -0.15) is 10.1 Å².